The summed E-state index contributed by atoms with van der Waals surface area (Å²) < 4.78 is 36.4. The van der Waals surface area contributed by atoms with Crippen LogP contribution in [-0.4, -0.2) is 43.5 Å². The van der Waals surface area contributed by atoms with Gasteiger partial charge in [0.15, 0.2) is 0 Å². The van der Waals surface area contributed by atoms with Crippen LogP contribution in [0.1, 0.15) is 10.4 Å². The summed E-state index contributed by atoms with van der Waals surface area (Å²) in [6.07, 6.45) is 0. The van der Waals surface area contributed by atoms with Crippen molar-refractivity contribution in [3.8, 4) is 0 Å². The highest BCUT2D eigenvalue weighted by atomic mass is 32.2. The maximum atomic E-state index is 12.1. The van der Waals surface area contributed by atoms with E-state index in [1.807, 2.05) is 0 Å². The fraction of sp³-hybridized carbons (Fsp3) is 0.417. The number of carbonyl (C=O) groups excluding carboxylic acids is 1. The number of nitrogens with one attached hydrogen (secondary N) is 1. The predicted molar refractivity (Wildman–Crippen MR) is 69.2 cm³/mol. The van der Waals surface area contributed by atoms with Gasteiger partial charge in [0.2, 0.25) is 0 Å². The molecule has 0 spiro atoms. The summed E-state index contributed by atoms with van der Waals surface area (Å²) in [5.74, 6) is -0.209. The SMILES string of the molecule is CNCCN(C)C(=O)c1ccc(SC(F)(F)F)cc1. The molecule has 19 heavy (non-hydrogen) atoms. The van der Waals surface area contributed by atoms with Crippen molar-refractivity contribution >= 4 is 17.7 Å². The molecule has 0 heterocycles. The van der Waals surface area contributed by atoms with E-state index in [0.717, 1.165) is 0 Å². The van der Waals surface area contributed by atoms with E-state index in [9.17, 15) is 18.0 Å². The van der Waals surface area contributed by atoms with Crippen LogP contribution in [0.2, 0.25) is 0 Å². The summed E-state index contributed by atoms with van der Waals surface area (Å²) in [5, 5.41) is 2.92. The Morgan fingerprint density at radius 1 is 1.32 bits per heavy atom. The summed E-state index contributed by atoms with van der Waals surface area (Å²) in [4.78, 5) is 13.5. The van der Waals surface area contributed by atoms with Gasteiger partial charge in [-0.25, -0.2) is 0 Å². The Labute approximate surface area is 114 Å². The zero-order valence-corrected chi connectivity index (χ0v) is 11.4. The molecular weight excluding hydrogens is 277 g/mol. The Bertz CT molecular complexity index is 420. The molecule has 1 amide bonds. The molecule has 0 saturated carbocycles. The Morgan fingerprint density at radius 2 is 1.89 bits per heavy atom. The van der Waals surface area contributed by atoms with Crippen LogP contribution in [0.3, 0.4) is 0 Å². The van der Waals surface area contributed by atoms with Gasteiger partial charge >= 0.3 is 5.51 Å². The molecule has 3 nitrogen and oxygen atoms in total. The number of nitrogens with zero attached hydrogens (tertiary/aromatic N) is 1. The highest BCUT2D eigenvalue weighted by molar-refractivity contribution is 8.00. The quantitative estimate of drug-likeness (QED) is 0.847. The predicted octanol–water partition coefficient (Wildman–Crippen LogP) is 2.59. The van der Waals surface area contributed by atoms with Gasteiger partial charge in [-0.15, -0.1) is 0 Å². The number of carbonyl (C=O) groups is 1. The molecule has 0 aliphatic heterocycles. The van der Waals surface area contributed by atoms with E-state index >= 15 is 0 Å². The summed E-state index contributed by atoms with van der Waals surface area (Å²) in [7, 11) is 3.43. The van der Waals surface area contributed by atoms with Crippen molar-refractivity contribution in [1.29, 1.82) is 0 Å². The maximum absolute atomic E-state index is 12.1. The molecular formula is C12H15F3N2OS. The number of thioether (sulfide) groups is 1. The molecule has 0 unspecified atom stereocenters. The number of alkyl halides is 3. The molecule has 0 aromatic heterocycles. The summed E-state index contributed by atoms with van der Waals surface area (Å²) in [6, 6.07) is 5.42. The third-order valence-electron chi connectivity index (χ3n) is 2.38. The molecule has 0 aliphatic carbocycles. The van der Waals surface area contributed by atoms with Crippen LogP contribution >= 0.6 is 11.8 Å². The smallest absolute Gasteiger partial charge is 0.340 e. The zero-order valence-electron chi connectivity index (χ0n) is 10.6. The molecule has 7 heteroatoms. The minimum absolute atomic E-state index is 0.0712. The van der Waals surface area contributed by atoms with Gasteiger partial charge in [-0.1, -0.05) is 0 Å². The number of rotatable bonds is 5. The second kappa shape index (κ2) is 6.81. The molecule has 0 fully saturated rings. The number of hydrogen-bond donors (Lipinski definition) is 1. The van der Waals surface area contributed by atoms with E-state index < -0.39 is 5.51 Å². The lowest BCUT2D eigenvalue weighted by Gasteiger charge is -2.17. The van der Waals surface area contributed by atoms with E-state index in [1.165, 1.54) is 29.2 Å². The highest BCUT2D eigenvalue weighted by Gasteiger charge is 2.29. The normalized spacial score (nSPS) is 11.4. The van der Waals surface area contributed by atoms with Crippen LogP contribution in [0.5, 0.6) is 0 Å². The number of likely N-dealkylation sites (N-methyl/N-ethyl adjacent to an activating group) is 2. The van der Waals surface area contributed by atoms with Crippen LogP contribution in [0.4, 0.5) is 13.2 Å². The van der Waals surface area contributed by atoms with Gasteiger partial charge in [0.1, 0.15) is 0 Å². The lowest BCUT2D eigenvalue weighted by atomic mass is 10.2. The summed E-state index contributed by atoms with van der Waals surface area (Å²) >= 11 is -0.191. The molecule has 0 saturated heterocycles. The van der Waals surface area contributed by atoms with Crippen molar-refractivity contribution in [3.63, 3.8) is 0 Å². The van der Waals surface area contributed by atoms with Gasteiger partial charge in [0, 0.05) is 30.6 Å². The van der Waals surface area contributed by atoms with Crippen LogP contribution in [0, 0.1) is 0 Å². The van der Waals surface area contributed by atoms with Gasteiger partial charge in [0.25, 0.3) is 5.91 Å². The molecule has 1 N–H and O–H groups in total. The first-order chi connectivity index (χ1) is 8.83. The van der Waals surface area contributed by atoms with Gasteiger partial charge in [0.05, 0.1) is 0 Å². The van der Waals surface area contributed by atoms with Crippen LogP contribution in [0.25, 0.3) is 0 Å². The van der Waals surface area contributed by atoms with Crippen molar-refractivity contribution in [2.75, 3.05) is 27.2 Å². The van der Waals surface area contributed by atoms with Gasteiger partial charge in [-0.3, -0.25) is 4.79 Å². The molecule has 1 rings (SSSR count). The van der Waals surface area contributed by atoms with Gasteiger partial charge in [-0.05, 0) is 43.1 Å². The minimum atomic E-state index is -4.31. The van der Waals surface area contributed by atoms with Crippen molar-refractivity contribution in [2.24, 2.45) is 0 Å². The molecule has 0 bridgehead atoms. The number of amides is 1. The first-order valence-electron chi connectivity index (χ1n) is 5.59. The molecule has 0 atom stereocenters. The lowest BCUT2D eigenvalue weighted by Crippen LogP contribution is -2.32. The van der Waals surface area contributed by atoms with Crippen LogP contribution in [0.15, 0.2) is 29.2 Å². The van der Waals surface area contributed by atoms with Crippen molar-refractivity contribution in [2.45, 2.75) is 10.4 Å². The minimum Gasteiger partial charge on any atom is -0.340 e. The molecule has 0 radical (unpaired) electrons. The fourth-order valence-electron chi connectivity index (χ4n) is 1.40. The molecule has 1 aromatic carbocycles. The summed E-state index contributed by atoms with van der Waals surface area (Å²) in [5.41, 5.74) is -3.93. The third kappa shape index (κ3) is 5.52. The Morgan fingerprint density at radius 3 is 2.37 bits per heavy atom. The van der Waals surface area contributed by atoms with E-state index in [0.29, 0.717) is 18.7 Å². The Hall–Kier alpha value is -1.21. The van der Waals surface area contributed by atoms with Crippen molar-refractivity contribution in [3.05, 3.63) is 29.8 Å². The van der Waals surface area contributed by atoms with Gasteiger partial charge in [-0.2, -0.15) is 13.2 Å². The standard InChI is InChI=1S/C12H15F3N2OS/c1-16-7-8-17(2)11(18)9-3-5-10(6-4-9)19-12(13,14)15/h3-6,16H,7-8H2,1-2H3. The number of hydrogen-bond acceptors (Lipinski definition) is 3. The van der Waals surface area contributed by atoms with E-state index in [-0.39, 0.29) is 22.6 Å². The molecule has 0 aliphatic rings. The Kier molecular flexibility index (Phi) is 5.68. The zero-order chi connectivity index (χ0) is 14.5. The number of halogens is 3. The van der Waals surface area contributed by atoms with Crippen LogP contribution in [-0.2, 0) is 0 Å². The average molecular weight is 292 g/mol. The second-order valence-corrected chi connectivity index (χ2v) is 5.04. The van der Waals surface area contributed by atoms with Crippen molar-refractivity contribution in [1.82, 2.24) is 10.2 Å². The second-order valence-electron chi connectivity index (χ2n) is 3.90. The topological polar surface area (TPSA) is 32.3 Å². The van der Waals surface area contributed by atoms with E-state index in [4.69, 9.17) is 0 Å². The monoisotopic (exact) mass is 292 g/mol. The maximum Gasteiger partial charge on any atom is 0.446 e. The van der Waals surface area contributed by atoms with Gasteiger partial charge < -0.3 is 10.2 Å². The third-order valence-corrected chi connectivity index (χ3v) is 3.12. The first-order valence-corrected chi connectivity index (χ1v) is 6.41. The number of benzene rings is 1. The molecule has 106 valence electrons. The highest BCUT2D eigenvalue weighted by Crippen LogP contribution is 2.36. The van der Waals surface area contributed by atoms with E-state index in [1.54, 1.807) is 14.1 Å². The average Bonchev–Trinajstić information content (AvgIpc) is 2.34. The summed E-state index contributed by atoms with van der Waals surface area (Å²) in [6.45, 7) is 1.19. The Balaban J connectivity index is 2.68. The first kappa shape index (κ1) is 15.8. The van der Waals surface area contributed by atoms with Crippen LogP contribution < -0.4 is 5.32 Å². The lowest BCUT2D eigenvalue weighted by molar-refractivity contribution is -0.0328. The van der Waals surface area contributed by atoms with Crippen molar-refractivity contribution < 1.29 is 18.0 Å². The largest absolute Gasteiger partial charge is 0.446 e. The van der Waals surface area contributed by atoms with E-state index in [2.05, 4.69) is 5.32 Å². The molecule has 1 aromatic rings. The fourth-order valence-corrected chi connectivity index (χ4v) is 1.94.